The van der Waals surface area contributed by atoms with E-state index >= 15 is 0 Å². The van der Waals surface area contributed by atoms with Crippen LogP contribution >= 0.6 is 11.6 Å². The lowest BCUT2D eigenvalue weighted by Gasteiger charge is -2.10. The maximum Gasteiger partial charge on any atom is 0.131 e. The Morgan fingerprint density at radius 2 is 1.88 bits per heavy atom. The van der Waals surface area contributed by atoms with Crippen molar-refractivity contribution in [3.8, 4) is 5.75 Å². The summed E-state index contributed by atoms with van der Waals surface area (Å²) in [6.07, 6.45) is 1.27. The molecule has 0 spiro atoms. The highest BCUT2D eigenvalue weighted by molar-refractivity contribution is 6.31. The van der Waals surface area contributed by atoms with Gasteiger partial charge < -0.3 is 14.8 Å². The van der Waals surface area contributed by atoms with Gasteiger partial charge in [-0.1, -0.05) is 29.8 Å². The number of ether oxygens (including phenoxy) is 2. The fraction of sp³-hybridized carbons (Fsp3) is 0.400. The van der Waals surface area contributed by atoms with Crippen molar-refractivity contribution in [2.75, 3.05) is 13.2 Å². The van der Waals surface area contributed by atoms with Gasteiger partial charge in [0.15, 0.2) is 0 Å². The van der Waals surface area contributed by atoms with Crippen molar-refractivity contribution >= 4 is 11.6 Å². The molecule has 0 aliphatic carbocycles. The van der Waals surface area contributed by atoms with Crippen molar-refractivity contribution in [3.05, 3.63) is 64.4 Å². The molecule has 0 radical (unpaired) electrons. The van der Waals surface area contributed by atoms with Crippen molar-refractivity contribution in [2.24, 2.45) is 0 Å². The summed E-state index contributed by atoms with van der Waals surface area (Å²) in [5.74, 6) is 0.336. The molecule has 0 fully saturated rings. The molecule has 5 heteroatoms. The number of rotatable bonds is 10. The number of benzene rings is 2. The highest BCUT2D eigenvalue weighted by Crippen LogP contribution is 2.21. The standard InChI is InChI=1S/C20H25ClFNO2/c1-15(2)24-12-4-11-23-13-16-7-9-17(10-8-16)25-14-18-19(21)5-3-6-20(18)22/h3,5-10,15,23H,4,11-14H2,1-2H3. The van der Waals surface area contributed by atoms with Crippen molar-refractivity contribution in [2.45, 2.75) is 39.5 Å². The van der Waals surface area contributed by atoms with E-state index in [0.29, 0.717) is 16.3 Å². The molecule has 0 saturated carbocycles. The van der Waals surface area contributed by atoms with Gasteiger partial charge in [0.1, 0.15) is 18.2 Å². The molecule has 3 nitrogen and oxygen atoms in total. The molecule has 136 valence electrons. The van der Waals surface area contributed by atoms with Crippen LogP contribution in [-0.4, -0.2) is 19.3 Å². The molecule has 0 bridgehead atoms. The van der Waals surface area contributed by atoms with Gasteiger partial charge in [0.2, 0.25) is 0 Å². The molecule has 2 aromatic carbocycles. The van der Waals surface area contributed by atoms with E-state index in [1.165, 1.54) is 11.6 Å². The van der Waals surface area contributed by atoms with E-state index in [2.05, 4.69) is 5.32 Å². The van der Waals surface area contributed by atoms with Crippen LogP contribution in [0.4, 0.5) is 4.39 Å². The maximum absolute atomic E-state index is 13.7. The zero-order valence-corrected chi connectivity index (χ0v) is 15.5. The molecule has 2 aromatic rings. The summed E-state index contributed by atoms with van der Waals surface area (Å²) in [6.45, 7) is 6.67. The van der Waals surface area contributed by atoms with Crippen LogP contribution in [0.15, 0.2) is 42.5 Å². The number of nitrogens with one attached hydrogen (secondary N) is 1. The van der Waals surface area contributed by atoms with E-state index in [0.717, 1.165) is 26.1 Å². The lowest BCUT2D eigenvalue weighted by molar-refractivity contribution is 0.0770. The van der Waals surface area contributed by atoms with Crippen molar-refractivity contribution < 1.29 is 13.9 Å². The Morgan fingerprint density at radius 1 is 1.12 bits per heavy atom. The summed E-state index contributed by atoms with van der Waals surface area (Å²) >= 11 is 5.99. The van der Waals surface area contributed by atoms with Gasteiger partial charge in [-0.3, -0.25) is 0 Å². The Labute approximate surface area is 154 Å². The van der Waals surface area contributed by atoms with E-state index in [-0.39, 0.29) is 18.5 Å². The number of hydrogen-bond acceptors (Lipinski definition) is 3. The zero-order valence-electron chi connectivity index (χ0n) is 14.7. The highest BCUT2D eigenvalue weighted by atomic mass is 35.5. The van der Waals surface area contributed by atoms with E-state index in [1.807, 2.05) is 38.1 Å². The Balaban J connectivity index is 1.73. The molecule has 0 aromatic heterocycles. The first-order valence-electron chi connectivity index (χ1n) is 8.53. The normalized spacial score (nSPS) is 11.1. The van der Waals surface area contributed by atoms with E-state index in [9.17, 15) is 4.39 Å². The minimum absolute atomic E-state index is 0.110. The minimum atomic E-state index is -0.352. The third kappa shape index (κ3) is 7.02. The fourth-order valence-corrected chi connectivity index (χ4v) is 2.50. The summed E-state index contributed by atoms with van der Waals surface area (Å²) in [5, 5.41) is 3.76. The van der Waals surface area contributed by atoms with Crippen LogP contribution in [0.25, 0.3) is 0 Å². The molecule has 0 amide bonds. The maximum atomic E-state index is 13.7. The molecule has 0 heterocycles. The summed E-state index contributed by atoms with van der Waals surface area (Å²) in [6, 6.07) is 12.4. The predicted octanol–water partition coefficient (Wildman–Crippen LogP) is 4.96. The second kappa shape index (κ2) is 10.4. The van der Waals surface area contributed by atoms with Crippen LogP contribution in [0, 0.1) is 5.82 Å². The van der Waals surface area contributed by atoms with Crippen LogP contribution in [-0.2, 0) is 17.9 Å². The summed E-state index contributed by atoms with van der Waals surface area (Å²) in [4.78, 5) is 0. The predicted molar refractivity (Wildman–Crippen MR) is 99.6 cm³/mol. The fourth-order valence-electron chi connectivity index (χ4n) is 2.28. The summed E-state index contributed by atoms with van der Waals surface area (Å²) in [5.41, 5.74) is 1.54. The van der Waals surface area contributed by atoms with Crippen LogP contribution in [0.1, 0.15) is 31.4 Å². The average Bonchev–Trinajstić information content (AvgIpc) is 2.58. The molecule has 0 unspecified atom stereocenters. The van der Waals surface area contributed by atoms with E-state index in [1.54, 1.807) is 12.1 Å². The van der Waals surface area contributed by atoms with Gasteiger partial charge in [0.05, 0.1) is 11.1 Å². The van der Waals surface area contributed by atoms with Crippen molar-refractivity contribution in [3.63, 3.8) is 0 Å². The molecular weight excluding hydrogens is 341 g/mol. The lowest BCUT2D eigenvalue weighted by atomic mass is 10.2. The molecule has 0 aliphatic heterocycles. The summed E-state index contributed by atoms with van der Waals surface area (Å²) < 4.78 is 24.8. The SMILES string of the molecule is CC(C)OCCCNCc1ccc(OCc2c(F)cccc2Cl)cc1. The first-order chi connectivity index (χ1) is 12.1. The van der Waals surface area contributed by atoms with Gasteiger partial charge in [0.25, 0.3) is 0 Å². The molecule has 2 rings (SSSR count). The Hall–Kier alpha value is -1.62. The van der Waals surface area contributed by atoms with E-state index in [4.69, 9.17) is 21.1 Å². The Kier molecular flexibility index (Phi) is 8.19. The van der Waals surface area contributed by atoms with Gasteiger partial charge in [-0.15, -0.1) is 0 Å². The Morgan fingerprint density at radius 3 is 2.56 bits per heavy atom. The van der Waals surface area contributed by atoms with Crippen LogP contribution < -0.4 is 10.1 Å². The highest BCUT2D eigenvalue weighted by Gasteiger charge is 2.07. The third-order valence-corrected chi connectivity index (χ3v) is 4.00. The molecular formula is C20H25ClFNO2. The smallest absolute Gasteiger partial charge is 0.131 e. The van der Waals surface area contributed by atoms with Crippen LogP contribution in [0.3, 0.4) is 0 Å². The quantitative estimate of drug-likeness (QED) is 0.603. The van der Waals surface area contributed by atoms with Gasteiger partial charge >= 0.3 is 0 Å². The largest absolute Gasteiger partial charge is 0.489 e. The first-order valence-corrected chi connectivity index (χ1v) is 8.91. The van der Waals surface area contributed by atoms with Gasteiger partial charge in [-0.05, 0) is 56.6 Å². The van der Waals surface area contributed by atoms with Crippen LogP contribution in [0.2, 0.25) is 5.02 Å². The van der Waals surface area contributed by atoms with Crippen molar-refractivity contribution in [1.82, 2.24) is 5.32 Å². The Bertz CT molecular complexity index is 626. The second-order valence-corrected chi connectivity index (χ2v) is 6.49. The molecule has 0 saturated heterocycles. The summed E-state index contributed by atoms with van der Waals surface area (Å²) in [7, 11) is 0. The van der Waals surface area contributed by atoms with Crippen molar-refractivity contribution in [1.29, 1.82) is 0 Å². The topological polar surface area (TPSA) is 30.5 Å². The van der Waals surface area contributed by atoms with E-state index < -0.39 is 0 Å². The van der Waals surface area contributed by atoms with Crippen LogP contribution in [0.5, 0.6) is 5.75 Å². The molecule has 0 aliphatic rings. The molecule has 25 heavy (non-hydrogen) atoms. The molecule has 0 atom stereocenters. The first kappa shape index (κ1) is 19.7. The number of hydrogen-bond donors (Lipinski definition) is 1. The minimum Gasteiger partial charge on any atom is -0.489 e. The number of halogens is 2. The molecule has 1 N–H and O–H groups in total. The monoisotopic (exact) mass is 365 g/mol. The zero-order chi connectivity index (χ0) is 18.1. The second-order valence-electron chi connectivity index (χ2n) is 6.08. The average molecular weight is 366 g/mol. The third-order valence-electron chi connectivity index (χ3n) is 3.65. The van der Waals surface area contributed by atoms with Gasteiger partial charge in [-0.25, -0.2) is 4.39 Å². The lowest BCUT2D eigenvalue weighted by Crippen LogP contribution is -2.17. The van der Waals surface area contributed by atoms with Gasteiger partial charge in [-0.2, -0.15) is 0 Å². The van der Waals surface area contributed by atoms with Gasteiger partial charge in [0, 0.05) is 18.7 Å².